The van der Waals surface area contributed by atoms with Crippen LogP contribution in [0.2, 0.25) is 18.1 Å². The molecule has 0 radical (unpaired) electrons. The van der Waals surface area contributed by atoms with E-state index in [1.807, 2.05) is 18.2 Å². The molecule has 3 nitrogen and oxygen atoms in total. The lowest BCUT2D eigenvalue weighted by Gasteiger charge is -2.41. The van der Waals surface area contributed by atoms with E-state index in [1.165, 1.54) is 5.56 Å². The SMILES string of the molecule is CC[C@H](NCc1ccccc1)[C@H](O[Si](C)(C)C(C)(C)C)c1ccco1. The minimum atomic E-state index is -1.91. The Labute approximate surface area is 153 Å². The largest absolute Gasteiger partial charge is 0.467 e. The molecule has 0 fully saturated rings. The second-order valence-corrected chi connectivity index (χ2v) is 13.0. The Morgan fingerprint density at radius 3 is 2.28 bits per heavy atom. The van der Waals surface area contributed by atoms with Crippen LogP contribution in [0, 0.1) is 0 Å². The summed E-state index contributed by atoms with van der Waals surface area (Å²) in [4.78, 5) is 0. The van der Waals surface area contributed by atoms with E-state index in [-0.39, 0.29) is 17.2 Å². The Morgan fingerprint density at radius 1 is 1.08 bits per heavy atom. The highest BCUT2D eigenvalue weighted by Crippen LogP contribution is 2.41. The summed E-state index contributed by atoms with van der Waals surface area (Å²) in [6, 6.07) is 14.7. The fraction of sp³-hybridized carbons (Fsp3) is 0.524. The first kappa shape index (κ1) is 20.0. The number of rotatable bonds is 8. The maximum atomic E-state index is 6.77. The van der Waals surface area contributed by atoms with Gasteiger partial charge in [-0.3, -0.25) is 0 Å². The van der Waals surface area contributed by atoms with Crippen LogP contribution in [0.3, 0.4) is 0 Å². The molecule has 138 valence electrons. The van der Waals surface area contributed by atoms with Gasteiger partial charge < -0.3 is 14.2 Å². The Balaban J connectivity index is 2.18. The molecule has 1 heterocycles. The molecule has 0 unspecified atom stereocenters. The third-order valence-corrected chi connectivity index (χ3v) is 9.72. The fourth-order valence-electron chi connectivity index (χ4n) is 2.60. The van der Waals surface area contributed by atoms with Crippen molar-refractivity contribution in [1.29, 1.82) is 0 Å². The summed E-state index contributed by atoms with van der Waals surface area (Å²) < 4.78 is 12.5. The molecule has 0 saturated heterocycles. The van der Waals surface area contributed by atoms with Gasteiger partial charge in [0.15, 0.2) is 8.32 Å². The second kappa shape index (κ2) is 8.34. The van der Waals surface area contributed by atoms with Crippen molar-refractivity contribution >= 4 is 8.32 Å². The minimum absolute atomic E-state index is 0.0652. The number of nitrogens with one attached hydrogen (secondary N) is 1. The van der Waals surface area contributed by atoms with Crippen LogP contribution in [-0.2, 0) is 11.0 Å². The molecular formula is C21H33NO2Si. The van der Waals surface area contributed by atoms with E-state index in [2.05, 4.69) is 70.4 Å². The summed E-state index contributed by atoms with van der Waals surface area (Å²) in [5.74, 6) is 0.914. The Morgan fingerprint density at radius 2 is 1.76 bits per heavy atom. The zero-order valence-corrected chi connectivity index (χ0v) is 17.5. The zero-order chi connectivity index (χ0) is 18.5. The summed E-state index contributed by atoms with van der Waals surface area (Å²) in [6.45, 7) is 14.5. The van der Waals surface area contributed by atoms with Crippen molar-refractivity contribution in [2.75, 3.05) is 0 Å². The van der Waals surface area contributed by atoms with Crippen molar-refractivity contribution in [3.05, 3.63) is 60.1 Å². The van der Waals surface area contributed by atoms with Gasteiger partial charge in [-0.25, -0.2) is 0 Å². The van der Waals surface area contributed by atoms with E-state index < -0.39 is 8.32 Å². The van der Waals surface area contributed by atoms with E-state index >= 15 is 0 Å². The van der Waals surface area contributed by atoms with Gasteiger partial charge in [0, 0.05) is 12.6 Å². The number of hydrogen-bond acceptors (Lipinski definition) is 3. The van der Waals surface area contributed by atoms with Crippen LogP contribution in [0.5, 0.6) is 0 Å². The molecule has 25 heavy (non-hydrogen) atoms. The lowest BCUT2D eigenvalue weighted by Crippen LogP contribution is -2.46. The normalized spacial score (nSPS) is 15.1. The van der Waals surface area contributed by atoms with Crippen molar-refractivity contribution in [1.82, 2.24) is 5.32 Å². The van der Waals surface area contributed by atoms with E-state index in [0.29, 0.717) is 0 Å². The van der Waals surface area contributed by atoms with Crippen molar-refractivity contribution in [2.24, 2.45) is 0 Å². The molecule has 1 N–H and O–H groups in total. The number of hydrogen-bond donors (Lipinski definition) is 1. The Kier molecular flexibility index (Phi) is 6.66. The zero-order valence-electron chi connectivity index (χ0n) is 16.5. The molecule has 4 heteroatoms. The van der Waals surface area contributed by atoms with Crippen LogP contribution >= 0.6 is 0 Å². The van der Waals surface area contributed by atoms with Gasteiger partial charge in [0.05, 0.1) is 6.26 Å². The highest BCUT2D eigenvalue weighted by molar-refractivity contribution is 6.74. The molecule has 0 amide bonds. The topological polar surface area (TPSA) is 34.4 Å². The Bertz CT molecular complexity index is 617. The van der Waals surface area contributed by atoms with E-state index in [1.54, 1.807) is 6.26 Å². The van der Waals surface area contributed by atoms with E-state index in [9.17, 15) is 0 Å². The second-order valence-electron chi connectivity index (χ2n) is 8.20. The average Bonchev–Trinajstić information content (AvgIpc) is 3.08. The van der Waals surface area contributed by atoms with Crippen LogP contribution in [0.4, 0.5) is 0 Å². The molecule has 0 aliphatic rings. The van der Waals surface area contributed by atoms with Crippen molar-refractivity contribution < 1.29 is 8.84 Å². The molecule has 2 aromatic rings. The van der Waals surface area contributed by atoms with E-state index in [0.717, 1.165) is 18.7 Å². The van der Waals surface area contributed by atoms with Gasteiger partial charge in [-0.05, 0) is 42.2 Å². The lowest BCUT2D eigenvalue weighted by molar-refractivity contribution is 0.111. The van der Waals surface area contributed by atoms with Crippen LogP contribution in [0.25, 0.3) is 0 Å². The fourth-order valence-corrected chi connectivity index (χ4v) is 3.86. The maximum Gasteiger partial charge on any atom is 0.193 e. The predicted octanol–water partition coefficient (Wildman–Crippen LogP) is 5.91. The summed E-state index contributed by atoms with van der Waals surface area (Å²) in [5, 5.41) is 3.85. The van der Waals surface area contributed by atoms with Gasteiger partial charge in [-0.15, -0.1) is 0 Å². The smallest absolute Gasteiger partial charge is 0.193 e. The van der Waals surface area contributed by atoms with Gasteiger partial charge in [0.25, 0.3) is 0 Å². The van der Waals surface area contributed by atoms with Gasteiger partial charge in [-0.2, -0.15) is 0 Å². The lowest BCUT2D eigenvalue weighted by atomic mass is 10.1. The van der Waals surface area contributed by atoms with E-state index in [4.69, 9.17) is 8.84 Å². The minimum Gasteiger partial charge on any atom is -0.467 e. The van der Waals surface area contributed by atoms with Crippen LogP contribution < -0.4 is 5.32 Å². The standard InChI is InChI=1S/C21H33NO2Si/c1-7-18(22-16-17-12-9-8-10-13-17)20(19-14-11-15-23-19)24-25(5,6)21(2,3)4/h8-15,18,20,22H,7,16H2,1-6H3/t18-,20-/m0/s1. The molecule has 2 rings (SSSR count). The average molecular weight is 360 g/mol. The predicted molar refractivity (Wildman–Crippen MR) is 107 cm³/mol. The number of furan rings is 1. The highest BCUT2D eigenvalue weighted by Gasteiger charge is 2.41. The first-order valence-corrected chi connectivity index (χ1v) is 12.1. The first-order valence-electron chi connectivity index (χ1n) is 9.23. The molecule has 0 aliphatic heterocycles. The molecular weight excluding hydrogens is 326 g/mol. The maximum absolute atomic E-state index is 6.77. The van der Waals surface area contributed by atoms with Crippen LogP contribution in [0.1, 0.15) is 51.5 Å². The van der Waals surface area contributed by atoms with Crippen molar-refractivity contribution in [2.45, 2.75) is 70.9 Å². The third-order valence-electron chi connectivity index (χ3n) is 5.27. The molecule has 0 saturated carbocycles. The summed E-state index contributed by atoms with van der Waals surface area (Å²) in [6.07, 6.45) is 2.65. The molecule has 0 spiro atoms. The molecule has 2 atom stereocenters. The molecule has 1 aromatic heterocycles. The molecule has 0 aliphatic carbocycles. The van der Waals surface area contributed by atoms with Gasteiger partial charge >= 0.3 is 0 Å². The quantitative estimate of drug-likeness (QED) is 0.595. The summed E-state index contributed by atoms with van der Waals surface area (Å²) in [5.41, 5.74) is 1.28. The van der Waals surface area contributed by atoms with Gasteiger partial charge in [-0.1, -0.05) is 58.0 Å². The van der Waals surface area contributed by atoms with Crippen molar-refractivity contribution in [3.8, 4) is 0 Å². The Hall–Kier alpha value is -1.36. The van der Waals surface area contributed by atoms with Gasteiger partial charge in [0.2, 0.25) is 0 Å². The monoisotopic (exact) mass is 359 g/mol. The highest BCUT2D eigenvalue weighted by atomic mass is 28.4. The summed E-state index contributed by atoms with van der Waals surface area (Å²) >= 11 is 0. The molecule has 0 bridgehead atoms. The van der Waals surface area contributed by atoms with Gasteiger partial charge in [0.1, 0.15) is 11.9 Å². The first-order chi connectivity index (χ1) is 11.7. The number of benzene rings is 1. The van der Waals surface area contributed by atoms with Crippen LogP contribution in [-0.4, -0.2) is 14.4 Å². The molecule has 1 aromatic carbocycles. The summed E-state index contributed by atoms with van der Waals surface area (Å²) in [7, 11) is -1.91. The van der Waals surface area contributed by atoms with Crippen molar-refractivity contribution in [3.63, 3.8) is 0 Å². The third kappa shape index (κ3) is 5.30. The van der Waals surface area contributed by atoms with Crippen LogP contribution in [0.15, 0.2) is 53.1 Å².